The van der Waals surface area contributed by atoms with E-state index in [-0.39, 0.29) is 31.2 Å². The van der Waals surface area contributed by atoms with Gasteiger partial charge in [-0.15, -0.1) is 0 Å². The first-order valence-electron chi connectivity index (χ1n) is 10.9. The summed E-state index contributed by atoms with van der Waals surface area (Å²) in [5, 5.41) is 13.5. The van der Waals surface area contributed by atoms with E-state index in [0.717, 1.165) is 22.9 Å². The number of sulfonamides is 1. The van der Waals surface area contributed by atoms with Gasteiger partial charge in [0, 0.05) is 17.7 Å². The van der Waals surface area contributed by atoms with Gasteiger partial charge in [-0.3, -0.25) is 0 Å². The number of nitrogens with zero attached hydrogens (tertiary/aromatic N) is 4. The Labute approximate surface area is 198 Å². The molecule has 1 aromatic heterocycles. The van der Waals surface area contributed by atoms with Gasteiger partial charge in [-0.05, 0) is 56.0 Å². The third-order valence-corrected chi connectivity index (χ3v) is 6.98. The molecule has 0 unspecified atom stereocenters. The van der Waals surface area contributed by atoms with E-state index in [9.17, 15) is 13.5 Å². The van der Waals surface area contributed by atoms with E-state index in [1.54, 1.807) is 18.2 Å². The number of fused-ring (bicyclic) bond motifs is 1. The van der Waals surface area contributed by atoms with Gasteiger partial charge in [0.1, 0.15) is 5.75 Å². The van der Waals surface area contributed by atoms with Crippen LogP contribution in [0.15, 0.2) is 40.9 Å². The molecule has 0 aliphatic heterocycles. The van der Waals surface area contributed by atoms with Crippen molar-refractivity contribution in [2.24, 2.45) is 0 Å². The van der Waals surface area contributed by atoms with Gasteiger partial charge in [-0.1, -0.05) is 23.4 Å². The molecule has 1 N–H and O–H groups in total. The van der Waals surface area contributed by atoms with E-state index in [1.807, 2.05) is 32.0 Å². The minimum absolute atomic E-state index is 0.0411. The highest BCUT2D eigenvalue weighted by molar-refractivity contribution is 7.88. The molecular formula is C24H26N4O5S. The second kappa shape index (κ2) is 9.54. The van der Waals surface area contributed by atoms with E-state index in [2.05, 4.69) is 15.0 Å². The van der Waals surface area contributed by atoms with Gasteiger partial charge in [0.15, 0.2) is 0 Å². The Kier molecular flexibility index (Phi) is 6.70. The zero-order chi connectivity index (χ0) is 24.5. The summed E-state index contributed by atoms with van der Waals surface area (Å²) in [6, 6.07) is 10.4. The molecule has 178 valence electrons. The second-order valence-corrected chi connectivity index (χ2v) is 10.3. The summed E-state index contributed by atoms with van der Waals surface area (Å²) in [5.41, 5.74) is 3.59. The number of hydrogen-bond donors (Lipinski definition) is 1. The molecule has 0 fully saturated rings. The highest BCUT2D eigenvalue weighted by atomic mass is 32.2. The van der Waals surface area contributed by atoms with Gasteiger partial charge in [-0.2, -0.15) is 9.29 Å². The summed E-state index contributed by atoms with van der Waals surface area (Å²) in [4.78, 5) is 8.10. The highest BCUT2D eigenvalue weighted by Gasteiger charge is 2.34. The fourth-order valence-corrected chi connectivity index (χ4v) is 5.43. The molecule has 1 heterocycles. The number of aliphatic hydroxyl groups excluding tert-OH is 1. The quantitative estimate of drug-likeness (QED) is 0.484. The van der Waals surface area contributed by atoms with Gasteiger partial charge in [0.05, 0.1) is 31.6 Å². The second-order valence-electron chi connectivity index (χ2n) is 8.41. The molecule has 34 heavy (non-hydrogen) atoms. The van der Waals surface area contributed by atoms with Crippen LogP contribution >= 0.6 is 0 Å². The van der Waals surface area contributed by atoms with Crippen molar-refractivity contribution >= 4 is 15.7 Å². The highest BCUT2D eigenvalue weighted by Crippen LogP contribution is 2.41. The first-order chi connectivity index (χ1) is 16.2. The summed E-state index contributed by atoms with van der Waals surface area (Å²) < 4.78 is 37.2. The van der Waals surface area contributed by atoms with Crippen molar-refractivity contribution < 1.29 is 22.8 Å². The number of hydrogen-bond acceptors (Lipinski definition) is 7. The maximum atomic E-state index is 12.3. The van der Waals surface area contributed by atoms with Crippen molar-refractivity contribution in [2.75, 3.05) is 19.4 Å². The zero-order valence-electron chi connectivity index (χ0n) is 19.2. The largest absolute Gasteiger partial charge is 0.502 e. The Bertz CT molecular complexity index is 1340. The van der Waals surface area contributed by atoms with Crippen molar-refractivity contribution in [1.29, 1.82) is 0 Å². The van der Waals surface area contributed by atoms with Crippen molar-refractivity contribution in [3.8, 4) is 28.6 Å². The minimum Gasteiger partial charge on any atom is -0.502 e. The van der Waals surface area contributed by atoms with Gasteiger partial charge in [0.2, 0.25) is 21.5 Å². The molecule has 4 rings (SSSR count). The molecule has 1 aliphatic carbocycles. The summed E-state index contributed by atoms with van der Waals surface area (Å²) >= 11 is 0. The van der Waals surface area contributed by atoms with Crippen LogP contribution in [0, 0.1) is 6.57 Å². The molecule has 0 radical (unpaired) electrons. The molecule has 0 bridgehead atoms. The molecular weight excluding hydrogens is 456 g/mol. The zero-order valence-corrected chi connectivity index (χ0v) is 20.0. The summed E-state index contributed by atoms with van der Waals surface area (Å²) in [5.74, 6) is 1.17. The fourth-order valence-electron chi connectivity index (χ4n) is 4.33. The Morgan fingerprint density at radius 2 is 2.12 bits per heavy atom. The molecule has 0 saturated heterocycles. The first-order valence-corrected chi connectivity index (χ1v) is 12.8. The van der Waals surface area contributed by atoms with E-state index in [1.165, 1.54) is 4.31 Å². The van der Waals surface area contributed by atoms with Crippen LogP contribution in [0.1, 0.15) is 37.4 Å². The number of aromatic nitrogens is 2. The first kappa shape index (κ1) is 23.9. The molecule has 1 aliphatic rings. The number of benzene rings is 2. The number of rotatable bonds is 8. The van der Waals surface area contributed by atoms with Crippen LogP contribution in [0.4, 0.5) is 5.69 Å². The predicted octanol–water partition coefficient (Wildman–Crippen LogP) is 3.98. The smallest absolute Gasteiger partial charge is 0.256 e. The van der Waals surface area contributed by atoms with Crippen LogP contribution in [-0.4, -0.2) is 53.5 Å². The van der Waals surface area contributed by atoms with Crippen LogP contribution in [0.25, 0.3) is 27.7 Å². The van der Waals surface area contributed by atoms with E-state index < -0.39 is 10.0 Å². The maximum absolute atomic E-state index is 12.3. The van der Waals surface area contributed by atoms with Crippen molar-refractivity contribution in [3.63, 3.8) is 0 Å². The van der Waals surface area contributed by atoms with Gasteiger partial charge >= 0.3 is 0 Å². The fraction of sp³-hybridized carbons (Fsp3) is 0.375. The molecule has 3 aromatic rings. The van der Waals surface area contributed by atoms with Gasteiger partial charge < -0.3 is 14.4 Å². The van der Waals surface area contributed by atoms with Gasteiger partial charge in [-0.25, -0.2) is 13.3 Å². The summed E-state index contributed by atoms with van der Waals surface area (Å²) in [6.07, 6.45) is 2.36. The van der Waals surface area contributed by atoms with E-state index in [4.69, 9.17) is 15.8 Å². The molecule has 0 spiro atoms. The Hall–Kier alpha value is -3.26. The average molecular weight is 483 g/mol. The van der Waals surface area contributed by atoms with Gasteiger partial charge in [0.25, 0.3) is 5.89 Å². The lowest BCUT2D eigenvalue weighted by Gasteiger charge is -2.26. The average Bonchev–Trinajstić information content (AvgIpc) is 3.44. The van der Waals surface area contributed by atoms with Crippen molar-refractivity contribution in [1.82, 2.24) is 14.4 Å². The van der Waals surface area contributed by atoms with Crippen LogP contribution < -0.4 is 4.74 Å². The Morgan fingerprint density at radius 1 is 1.32 bits per heavy atom. The van der Waals surface area contributed by atoms with Crippen molar-refractivity contribution in [2.45, 2.75) is 38.8 Å². The topological polar surface area (TPSA) is 110 Å². The lowest BCUT2D eigenvalue weighted by Crippen LogP contribution is -2.35. The predicted molar refractivity (Wildman–Crippen MR) is 127 cm³/mol. The van der Waals surface area contributed by atoms with Crippen molar-refractivity contribution in [3.05, 3.63) is 58.9 Å². The number of aliphatic hydroxyl groups is 1. The SMILES string of the molecule is [C-]#[N+]c1cc(-c2nc(-c3cccc4c3CC[C@H]4N(CCO)S(C)(=O)=O)no2)ccc1OC(C)C. The van der Waals surface area contributed by atoms with Crippen LogP contribution in [0.3, 0.4) is 0 Å². The molecule has 0 amide bonds. The molecule has 2 aromatic carbocycles. The van der Waals surface area contributed by atoms with Crippen LogP contribution in [0.5, 0.6) is 5.75 Å². The third kappa shape index (κ3) is 4.68. The van der Waals surface area contributed by atoms with Crippen LogP contribution in [-0.2, 0) is 16.4 Å². The Morgan fingerprint density at radius 3 is 2.79 bits per heavy atom. The van der Waals surface area contributed by atoms with E-state index in [0.29, 0.717) is 35.7 Å². The number of ether oxygens (including phenoxy) is 1. The lowest BCUT2D eigenvalue weighted by molar-refractivity contribution is 0.226. The molecule has 1 atom stereocenters. The van der Waals surface area contributed by atoms with E-state index >= 15 is 0 Å². The van der Waals surface area contributed by atoms with Crippen LogP contribution in [0.2, 0.25) is 0 Å². The third-order valence-electron chi connectivity index (χ3n) is 5.69. The standard InChI is InChI=1S/C24H26N4O5S/c1-15(2)32-22-11-8-16(14-20(22)25-3)24-26-23(27-33-24)19-7-5-6-18-17(19)9-10-21(18)28(12-13-29)34(4,30)31/h5-8,11,14-15,21,29H,9-10,12-13H2,1-2,4H3/t21-/m1/s1. The monoisotopic (exact) mass is 482 g/mol. The summed E-state index contributed by atoms with van der Waals surface area (Å²) in [6.45, 7) is 11.0. The lowest BCUT2D eigenvalue weighted by atomic mass is 10.0. The Balaban J connectivity index is 1.68. The molecule has 9 nitrogen and oxygen atoms in total. The molecule has 0 saturated carbocycles. The maximum Gasteiger partial charge on any atom is 0.256 e. The minimum atomic E-state index is -3.49. The normalized spacial score (nSPS) is 15.5. The summed E-state index contributed by atoms with van der Waals surface area (Å²) in [7, 11) is -3.49. The molecule has 10 heteroatoms.